The molecule has 1 aliphatic heterocycles. The van der Waals surface area contributed by atoms with E-state index in [-0.39, 0.29) is 30.7 Å². The first-order valence-corrected chi connectivity index (χ1v) is 6.72. The molecular weight excluding hydrogens is 316 g/mol. The van der Waals surface area contributed by atoms with E-state index in [1.807, 2.05) is 0 Å². The van der Waals surface area contributed by atoms with Crippen molar-refractivity contribution in [3.8, 4) is 0 Å². The summed E-state index contributed by atoms with van der Waals surface area (Å²) in [6.45, 7) is 0.684. The summed E-state index contributed by atoms with van der Waals surface area (Å²) >= 11 is 3.20. The predicted molar refractivity (Wildman–Crippen MR) is 72.9 cm³/mol. The fraction of sp³-hybridized carbons (Fsp3) is 0.545. The van der Waals surface area contributed by atoms with E-state index in [1.54, 1.807) is 11.9 Å². The maximum atomic E-state index is 11.9. The van der Waals surface area contributed by atoms with E-state index in [0.717, 1.165) is 4.68 Å². The van der Waals surface area contributed by atoms with Crippen molar-refractivity contribution >= 4 is 27.5 Å². The zero-order chi connectivity index (χ0) is 14.0. The number of hydrogen-bond donors (Lipinski definition) is 2. The molecule has 8 heteroatoms. The van der Waals surface area contributed by atoms with E-state index in [2.05, 4.69) is 26.3 Å². The predicted octanol–water partition coefficient (Wildman–Crippen LogP) is -0.359. The summed E-state index contributed by atoms with van der Waals surface area (Å²) in [5.41, 5.74) is 0.158. The largest absolute Gasteiger partial charge is 0.394 e. The number of aromatic nitrogens is 2. The first-order chi connectivity index (χ1) is 9.04. The van der Waals surface area contributed by atoms with Gasteiger partial charge in [-0.15, -0.1) is 0 Å². The number of likely N-dealkylation sites (tertiary alicyclic amines) is 1. The number of nitrogens with zero attached hydrogens (tertiary/aromatic N) is 3. The van der Waals surface area contributed by atoms with Gasteiger partial charge in [-0.05, 0) is 22.4 Å². The number of anilines is 1. The van der Waals surface area contributed by atoms with Gasteiger partial charge in [-0.3, -0.25) is 9.59 Å². The summed E-state index contributed by atoms with van der Waals surface area (Å²) in [5, 5.41) is 15.8. The van der Waals surface area contributed by atoms with E-state index in [1.165, 1.54) is 6.20 Å². The molecule has 2 heterocycles. The van der Waals surface area contributed by atoms with Crippen LogP contribution in [0.25, 0.3) is 0 Å². The molecule has 0 saturated carbocycles. The minimum Gasteiger partial charge on any atom is -0.394 e. The zero-order valence-electron chi connectivity index (χ0n) is 10.5. The summed E-state index contributed by atoms with van der Waals surface area (Å²) in [7, 11) is 1.75. The third-order valence-corrected chi connectivity index (χ3v) is 3.82. The van der Waals surface area contributed by atoms with Crippen LogP contribution in [0.1, 0.15) is 6.42 Å². The minimum atomic E-state index is -0.335. The van der Waals surface area contributed by atoms with Gasteiger partial charge in [0.1, 0.15) is 10.5 Å². The Morgan fingerprint density at radius 3 is 2.89 bits per heavy atom. The van der Waals surface area contributed by atoms with Crippen molar-refractivity contribution in [2.45, 2.75) is 19.0 Å². The van der Waals surface area contributed by atoms with Crippen LogP contribution in [0.5, 0.6) is 0 Å². The van der Waals surface area contributed by atoms with Crippen molar-refractivity contribution in [1.82, 2.24) is 14.7 Å². The molecule has 1 amide bonds. The Balaban J connectivity index is 2.20. The molecule has 0 aliphatic carbocycles. The van der Waals surface area contributed by atoms with Crippen LogP contribution in [0.15, 0.2) is 15.5 Å². The summed E-state index contributed by atoms with van der Waals surface area (Å²) in [6, 6.07) is -0.323. The number of nitrogens with one attached hydrogen (secondary N) is 1. The van der Waals surface area contributed by atoms with Crippen LogP contribution in [-0.2, 0) is 11.3 Å². The van der Waals surface area contributed by atoms with Crippen LogP contribution in [0.3, 0.4) is 0 Å². The van der Waals surface area contributed by atoms with Crippen LogP contribution in [0.4, 0.5) is 5.69 Å². The summed E-state index contributed by atoms with van der Waals surface area (Å²) in [5.74, 6) is 0.00596. The molecule has 19 heavy (non-hydrogen) atoms. The van der Waals surface area contributed by atoms with Crippen LogP contribution < -0.4 is 10.9 Å². The number of carbonyl (C=O) groups excluding carboxylic acids is 1. The second kappa shape index (κ2) is 5.70. The number of halogens is 1. The molecular formula is C11H15BrN4O3. The highest BCUT2D eigenvalue weighted by molar-refractivity contribution is 9.10. The molecule has 1 saturated heterocycles. The first kappa shape index (κ1) is 14.0. The van der Waals surface area contributed by atoms with Crippen LogP contribution in [-0.4, -0.2) is 51.9 Å². The maximum absolute atomic E-state index is 11.9. The molecule has 2 N–H and O–H groups in total. The van der Waals surface area contributed by atoms with Crippen molar-refractivity contribution in [3.63, 3.8) is 0 Å². The van der Waals surface area contributed by atoms with E-state index in [0.29, 0.717) is 23.1 Å². The van der Waals surface area contributed by atoms with Crippen molar-refractivity contribution in [2.75, 3.05) is 25.5 Å². The lowest BCUT2D eigenvalue weighted by Gasteiger charge is -2.14. The standard InChI is InChI=1S/C11H15BrN4O3/c1-15-3-2-7(10(15)18)14-8-6-13-16(4-5-17)11(19)9(8)12/h6-7,14,17H,2-5H2,1H3. The van der Waals surface area contributed by atoms with Gasteiger partial charge in [0, 0.05) is 13.6 Å². The van der Waals surface area contributed by atoms with Gasteiger partial charge < -0.3 is 15.3 Å². The lowest BCUT2D eigenvalue weighted by Crippen LogP contribution is -2.32. The fourth-order valence-electron chi connectivity index (χ4n) is 1.96. The highest BCUT2D eigenvalue weighted by atomic mass is 79.9. The highest BCUT2D eigenvalue weighted by Gasteiger charge is 2.29. The van der Waals surface area contributed by atoms with E-state index in [9.17, 15) is 9.59 Å². The number of likely N-dealkylation sites (N-methyl/N-ethyl adjacent to an activating group) is 1. The first-order valence-electron chi connectivity index (χ1n) is 5.92. The molecule has 1 atom stereocenters. The molecule has 0 spiro atoms. The van der Waals surface area contributed by atoms with Crippen molar-refractivity contribution in [2.24, 2.45) is 0 Å². The van der Waals surface area contributed by atoms with Gasteiger partial charge in [0.15, 0.2) is 0 Å². The molecule has 104 valence electrons. The number of carbonyl (C=O) groups is 1. The Labute approximate surface area is 118 Å². The lowest BCUT2D eigenvalue weighted by molar-refractivity contribution is -0.127. The van der Waals surface area contributed by atoms with Crippen LogP contribution in [0.2, 0.25) is 0 Å². The third kappa shape index (κ3) is 2.79. The average molecular weight is 331 g/mol. The number of rotatable bonds is 4. The zero-order valence-corrected chi connectivity index (χ0v) is 12.1. The van der Waals surface area contributed by atoms with Crippen molar-refractivity contribution < 1.29 is 9.90 Å². The van der Waals surface area contributed by atoms with Crippen LogP contribution >= 0.6 is 15.9 Å². The smallest absolute Gasteiger partial charge is 0.283 e. The van der Waals surface area contributed by atoms with E-state index >= 15 is 0 Å². The molecule has 7 nitrogen and oxygen atoms in total. The van der Waals surface area contributed by atoms with Gasteiger partial charge in [-0.1, -0.05) is 0 Å². The molecule has 0 bridgehead atoms. The molecule has 1 aromatic heterocycles. The fourth-order valence-corrected chi connectivity index (χ4v) is 2.39. The normalized spacial score (nSPS) is 19.0. The van der Waals surface area contributed by atoms with Crippen LogP contribution in [0, 0.1) is 0 Å². The summed E-state index contributed by atoms with van der Waals surface area (Å²) in [4.78, 5) is 25.3. The number of aliphatic hydroxyl groups excluding tert-OH is 1. The van der Waals surface area contributed by atoms with Gasteiger partial charge in [-0.25, -0.2) is 4.68 Å². The van der Waals surface area contributed by atoms with Gasteiger partial charge in [0.05, 0.1) is 25.0 Å². The van der Waals surface area contributed by atoms with Gasteiger partial charge in [-0.2, -0.15) is 5.10 Å². The maximum Gasteiger partial charge on any atom is 0.283 e. The van der Waals surface area contributed by atoms with Crippen molar-refractivity contribution in [3.05, 3.63) is 21.0 Å². The van der Waals surface area contributed by atoms with Gasteiger partial charge in [0.2, 0.25) is 5.91 Å². The molecule has 1 aromatic rings. The molecule has 1 fully saturated rings. The highest BCUT2D eigenvalue weighted by Crippen LogP contribution is 2.20. The quantitative estimate of drug-likeness (QED) is 0.787. The topological polar surface area (TPSA) is 87.5 Å². The Bertz CT molecular complexity index is 545. The molecule has 1 unspecified atom stereocenters. The third-order valence-electron chi connectivity index (χ3n) is 3.05. The van der Waals surface area contributed by atoms with Crippen molar-refractivity contribution in [1.29, 1.82) is 0 Å². The molecule has 1 aliphatic rings. The number of aliphatic hydroxyl groups is 1. The Morgan fingerprint density at radius 2 is 2.32 bits per heavy atom. The van der Waals surface area contributed by atoms with E-state index in [4.69, 9.17) is 5.11 Å². The second-order valence-electron chi connectivity index (χ2n) is 4.37. The average Bonchev–Trinajstić information content (AvgIpc) is 2.70. The molecule has 0 aromatic carbocycles. The Hall–Kier alpha value is -1.41. The second-order valence-corrected chi connectivity index (χ2v) is 5.16. The monoisotopic (exact) mass is 330 g/mol. The number of amides is 1. The molecule has 0 radical (unpaired) electrons. The summed E-state index contributed by atoms with van der Waals surface area (Å²) in [6.07, 6.45) is 2.17. The Morgan fingerprint density at radius 1 is 1.58 bits per heavy atom. The van der Waals surface area contributed by atoms with Gasteiger partial charge in [0.25, 0.3) is 5.56 Å². The van der Waals surface area contributed by atoms with E-state index < -0.39 is 0 Å². The number of hydrogen-bond acceptors (Lipinski definition) is 5. The lowest BCUT2D eigenvalue weighted by atomic mass is 10.2. The minimum absolute atomic E-state index is 0.00596. The summed E-state index contributed by atoms with van der Waals surface area (Å²) < 4.78 is 1.48. The van der Waals surface area contributed by atoms with Gasteiger partial charge >= 0.3 is 0 Å². The Kier molecular flexibility index (Phi) is 4.20. The SMILES string of the molecule is CN1CCC(Nc2cnn(CCO)c(=O)c2Br)C1=O. The molecule has 2 rings (SSSR count).